The molecular formula is C11H24N2O2S. The molecule has 1 fully saturated rings. The van der Waals surface area contributed by atoms with E-state index in [1.54, 1.807) is 0 Å². The van der Waals surface area contributed by atoms with E-state index in [-0.39, 0.29) is 5.75 Å². The standard InChI is InChI=1S/C11H24N2O2S/c1-3-10-16(14,15)12-8-9-13(2)11-6-4-5-7-11/h11-12H,3-10H2,1-2H3. The third-order valence-electron chi connectivity index (χ3n) is 3.21. The van der Waals surface area contributed by atoms with Crippen LogP contribution in [0.3, 0.4) is 0 Å². The molecule has 1 rings (SSSR count). The molecule has 0 atom stereocenters. The van der Waals surface area contributed by atoms with Gasteiger partial charge >= 0.3 is 0 Å². The second-order valence-electron chi connectivity index (χ2n) is 4.63. The van der Waals surface area contributed by atoms with Crippen molar-refractivity contribution in [2.45, 2.75) is 45.1 Å². The van der Waals surface area contributed by atoms with Gasteiger partial charge in [0.05, 0.1) is 5.75 Å². The van der Waals surface area contributed by atoms with Crippen molar-refractivity contribution < 1.29 is 8.42 Å². The van der Waals surface area contributed by atoms with E-state index >= 15 is 0 Å². The van der Waals surface area contributed by atoms with Crippen molar-refractivity contribution in [1.29, 1.82) is 0 Å². The number of likely N-dealkylation sites (N-methyl/N-ethyl adjacent to an activating group) is 1. The molecule has 0 aromatic heterocycles. The molecule has 1 saturated carbocycles. The highest BCUT2D eigenvalue weighted by atomic mass is 32.2. The van der Waals surface area contributed by atoms with Crippen molar-refractivity contribution in [3.8, 4) is 0 Å². The first-order chi connectivity index (χ1) is 7.55. The minimum Gasteiger partial charge on any atom is -0.302 e. The van der Waals surface area contributed by atoms with Crippen LogP contribution in [0.15, 0.2) is 0 Å². The third kappa shape index (κ3) is 4.80. The zero-order valence-corrected chi connectivity index (χ0v) is 11.2. The van der Waals surface area contributed by atoms with Crippen LogP contribution in [0.4, 0.5) is 0 Å². The third-order valence-corrected chi connectivity index (χ3v) is 4.80. The Morgan fingerprint density at radius 1 is 1.31 bits per heavy atom. The van der Waals surface area contributed by atoms with Crippen molar-refractivity contribution in [2.75, 3.05) is 25.9 Å². The average molecular weight is 248 g/mol. The van der Waals surface area contributed by atoms with E-state index in [2.05, 4.69) is 16.7 Å². The number of sulfonamides is 1. The molecule has 0 aliphatic heterocycles. The number of rotatable bonds is 7. The number of hydrogen-bond acceptors (Lipinski definition) is 3. The van der Waals surface area contributed by atoms with E-state index in [1.807, 2.05) is 6.92 Å². The lowest BCUT2D eigenvalue weighted by molar-refractivity contribution is 0.250. The van der Waals surface area contributed by atoms with E-state index in [0.717, 1.165) is 6.54 Å². The first kappa shape index (κ1) is 13.9. The normalized spacial score (nSPS) is 18.4. The summed E-state index contributed by atoms with van der Waals surface area (Å²) in [7, 11) is -0.940. The maximum Gasteiger partial charge on any atom is 0.211 e. The van der Waals surface area contributed by atoms with Crippen LogP contribution in [0.25, 0.3) is 0 Å². The van der Waals surface area contributed by atoms with Crippen molar-refractivity contribution in [3.05, 3.63) is 0 Å². The molecule has 96 valence electrons. The van der Waals surface area contributed by atoms with E-state index < -0.39 is 10.0 Å². The van der Waals surface area contributed by atoms with Gasteiger partial charge in [-0.1, -0.05) is 19.8 Å². The second kappa shape index (κ2) is 6.57. The fourth-order valence-corrected chi connectivity index (χ4v) is 3.33. The van der Waals surface area contributed by atoms with Crippen molar-refractivity contribution >= 4 is 10.0 Å². The van der Waals surface area contributed by atoms with Gasteiger partial charge < -0.3 is 4.90 Å². The predicted octanol–water partition coefficient (Wildman–Crippen LogP) is 1.19. The molecule has 1 aliphatic rings. The first-order valence-corrected chi connectivity index (χ1v) is 7.88. The zero-order valence-electron chi connectivity index (χ0n) is 10.4. The minimum atomic E-state index is -3.03. The molecule has 0 unspecified atom stereocenters. The van der Waals surface area contributed by atoms with Gasteiger partial charge in [-0.05, 0) is 26.3 Å². The molecule has 0 aromatic carbocycles. The molecule has 0 saturated heterocycles. The number of nitrogens with one attached hydrogen (secondary N) is 1. The Kier molecular flexibility index (Phi) is 5.72. The number of nitrogens with zero attached hydrogens (tertiary/aromatic N) is 1. The summed E-state index contributed by atoms with van der Waals surface area (Å²) in [5, 5.41) is 0. The van der Waals surface area contributed by atoms with Gasteiger partial charge in [0.1, 0.15) is 0 Å². The van der Waals surface area contributed by atoms with E-state index in [4.69, 9.17) is 0 Å². The Hall–Kier alpha value is -0.130. The van der Waals surface area contributed by atoms with E-state index in [1.165, 1.54) is 25.7 Å². The molecule has 16 heavy (non-hydrogen) atoms. The van der Waals surface area contributed by atoms with Gasteiger partial charge in [0.15, 0.2) is 0 Å². The largest absolute Gasteiger partial charge is 0.302 e. The maximum absolute atomic E-state index is 11.4. The smallest absolute Gasteiger partial charge is 0.211 e. The quantitative estimate of drug-likeness (QED) is 0.736. The summed E-state index contributed by atoms with van der Waals surface area (Å²) in [5.41, 5.74) is 0. The summed E-state index contributed by atoms with van der Waals surface area (Å²) >= 11 is 0. The highest BCUT2D eigenvalue weighted by Gasteiger charge is 2.19. The van der Waals surface area contributed by atoms with Crippen molar-refractivity contribution in [2.24, 2.45) is 0 Å². The monoisotopic (exact) mass is 248 g/mol. The molecule has 4 nitrogen and oxygen atoms in total. The molecule has 0 spiro atoms. The molecule has 0 heterocycles. The van der Waals surface area contributed by atoms with Crippen LogP contribution in [0.5, 0.6) is 0 Å². The van der Waals surface area contributed by atoms with Crippen LogP contribution in [0.2, 0.25) is 0 Å². The lowest BCUT2D eigenvalue weighted by Gasteiger charge is -2.23. The molecule has 1 N–H and O–H groups in total. The molecule has 1 aliphatic carbocycles. The van der Waals surface area contributed by atoms with Gasteiger partial charge in [-0.25, -0.2) is 13.1 Å². The van der Waals surface area contributed by atoms with Gasteiger partial charge in [-0.15, -0.1) is 0 Å². The summed E-state index contributed by atoms with van der Waals surface area (Å²) in [6.07, 6.45) is 5.83. The van der Waals surface area contributed by atoms with Crippen LogP contribution in [0, 0.1) is 0 Å². The van der Waals surface area contributed by atoms with Crippen LogP contribution in [-0.2, 0) is 10.0 Å². The Morgan fingerprint density at radius 2 is 1.94 bits per heavy atom. The molecule has 0 radical (unpaired) electrons. The highest BCUT2D eigenvalue weighted by molar-refractivity contribution is 7.89. The molecular weight excluding hydrogens is 224 g/mol. The summed E-state index contributed by atoms with van der Waals surface area (Å²) in [6.45, 7) is 3.23. The van der Waals surface area contributed by atoms with Gasteiger partial charge in [-0.3, -0.25) is 0 Å². The summed E-state index contributed by atoms with van der Waals surface area (Å²) < 4.78 is 25.5. The summed E-state index contributed by atoms with van der Waals surface area (Å²) in [5.74, 6) is 0.236. The Balaban J connectivity index is 2.19. The fourth-order valence-electron chi connectivity index (χ4n) is 2.25. The first-order valence-electron chi connectivity index (χ1n) is 6.22. The maximum atomic E-state index is 11.4. The average Bonchev–Trinajstić information content (AvgIpc) is 2.69. The molecule has 5 heteroatoms. The molecule has 0 amide bonds. The lowest BCUT2D eigenvalue weighted by atomic mass is 10.2. The van der Waals surface area contributed by atoms with Crippen LogP contribution in [-0.4, -0.2) is 45.2 Å². The van der Waals surface area contributed by atoms with Crippen molar-refractivity contribution in [3.63, 3.8) is 0 Å². The van der Waals surface area contributed by atoms with Crippen LogP contribution < -0.4 is 4.72 Å². The molecule has 0 bridgehead atoms. The Morgan fingerprint density at radius 3 is 2.50 bits per heavy atom. The minimum absolute atomic E-state index is 0.236. The summed E-state index contributed by atoms with van der Waals surface area (Å²) in [6, 6.07) is 0.663. The number of hydrogen-bond donors (Lipinski definition) is 1. The zero-order chi connectivity index (χ0) is 12.0. The van der Waals surface area contributed by atoms with Crippen LogP contribution >= 0.6 is 0 Å². The van der Waals surface area contributed by atoms with Gasteiger partial charge in [0.25, 0.3) is 0 Å². The van der Waals surface area contributed by atoms with Crippen molar-refractivity contribution in [1.82, 2.24) is 9.62 Å². The topological polar surface area (TPSA) is 49.4 Å². The SMILES string of the molecule is CCCS(=O)(=O)NCCN(C)C1CCCC1. The van der Waals surface area contributed by atoms with E-state index in [0.29, 0.717) is 19.0 Å². The van der Waals surface area contributed by atoms with Gasteiger partial charge in [-0.2, -0.15) is 0 Å². The fraction of sp³-hybridized carbons (Fsp3) is 1.00. The van der Waals surface area contributed by atoms with Gasteiger partial charge in [0.2, 0.25) is 10.0 Å². The predicted molar refractivity (Wildman–Crippen MR) is 67.0 cm³/mol. The Labute approximate surface area is 99.5 Å². The molecule has 0 aromatic rings. The van der Waals surface area contributed by atoms with E-state index in [9.17, 15) is 8.42 Å². The van der Waals surface area contributed by atoms with Gasteiger partial charge in [0, 0.05) is 19.1 Å². The summed E-state index contributed by atoms with van der Waals surface area (Å²) in [4.78, 5) is 2.28. The second-order valence-corrected chi connectivity index (χ2v) is 6.56. The van der Waals surface area contributed by atoms with Crippen LogP contribution in [0.1, 0.15) is 39.0 Å². The highest BCUT2D eigenvalue weighted by Crippen LogP contribution is 2.21. The Bertz CT molecular complexity index is 284. The lowest BCUT2D eigenvalue weighted by Crippen LogP contribution is -2.38.